The Balaban J connectivity index is 1.41. The molecule has 178 valence electrons. The van der Waals surface area contributed by atoms with Crippen molar-refractivity contribution in [3.05, 3.63) is 11.9 Å². The molecule has 0 aromatic carbocycles. The predicted octanol–water partition coefficient (Wildman–Crippen LogP) is 1.24. The Hall–Kier alpha value is -2.14. The SMILES string of the molecule is CC(C)(C)[C@@H](C(=O)N1C[C@H](O)C[C@H]1C(=O)NCCOC1CC1(F)F)n1cc(C2CC2)nn1. The largest absolute Gasteiger partial charge is 0.391 e. The smallest absolute Gasteiger partial charge is 0.276 e. The zero-order chi connectivity index (χ0) is 23.3. The van der Waals surface area contributed by atoms with Gasteiger partial charge in [-0.25, -0.2) is 13.5 Å². The summed E-state index contributed by atoms with van der Waals surface area (Å²) in [7, 11) is 0. The lowest BCUT2D eigenvalue weighted by molar-refractivity contribution is -0.144. The third-order valence-electron chi connectivity index (χ3n) is 6.20. The number of carbonyl (C=O) groups is 2. The highest BCUT2D eigenvalue weighted by molar-refractivity contribution is 5.90. The van der Waals surface area contributed by atoms with Crippen LogP contribution in [0.15, 0.2) is 6.20 Å². The van der Waals surface area contributed by atoms with E-state index in [0.717, 1.165) is 18.5 Å². The summed E-state index contributed by atoms with van der Waals surface area (Å²) in [6, 6.07) is -1.54. The topological polar surface area (TPSA) is 110 Å². The molecule has 32 heavy (non-hydrogen) atoms. The van der Waals surface area contributed by atoms with Crippen molar-refractivity contribution in [1.82, 2.24) is 25.2 Å². The molecule has 9 nitrogen and oxygen atoms in total. The number of aliphatic hydroxyl groups is 1. The fourth-order valence-electron chi connectivity index (χ4n) is 4.19. The van der Waals surface area contributed by atoms with E-state index in [1.165, 1.54) is 4.90 Å². The molecule has 4 rings (SSSR count). The minimum Gasteiger partial charge on any atom is -0.391 e. The average molecular weight is 456 g/mol. The number of halogens is 2. The Morgan fingerprint density at radius 1 is 1.38 bits per heavy atom. The van der Waals surface area contributed by atoms with E-state index >= 15 is 0 Å². The summed E-state index contributed by atoms with van der Waals surface area (Å²) in [5, 5.41) is 21.3. The second kappa shape index (κ2) is 8.33. The average Bonchev–Trinajstić information content (AvgIpc) is 3.53. The van der Waals surface area contributed by atoms with Crippen LogP contribution in [-0.4, -0.2) is 80.7 Å². The van der Waals surface area contributed by atoms with Crippen molar-refractivity contribution < 1.29 is 28.2 Å². The second-order valence-corrected chi connectivity index (χ2v) is 10.2. The minimum atomic E-state index is -2.77. The highest BCUT2D eigenvalue weighted by Crippen LogP contribution is 2.44. The number of hydrogen-bond acceptors (Lipinski definition) is 6. The number of carbonyl (C=O) groups excluding carboxylic acids is 2. The lowest BCUT2D eigenvalue weighted by Crippen LogP contribution is -2.50. The summed E-state index contributed by atoms with van der Waals surface area (Å²) in [5.41, 5.74) is 0.354. The number of likely N-dealkylation sites (tertiary alicyclic amines) is 1. The molecule has 3 fully saturated rings. The number of hydrogen-bond donors (Lipinski definition) is 2. The number of alkyl halides is 2. The third kappa shape index (κ3) is 4.93. The maximum Gasteiger partial charge on any atom is 0.276 e. The van der Waals surface area contributed by atoms with Gasteiger partial charge < -0.3 is 20.1 Å². The fraction of sp³-hybridized carbons (Fsp3) is 0.810. The molecule has 2 amide bonds. The monoisotopic (exact) mass is 455 g/mol. The number of rotatable bonds is 8. The van der Waals surface area contributed by atoms with E-state index in [1.807, 2.05) is 20.8 Å². The molecule has 1 saturated heterocycles. The Labute approximate surface area is 185 Å². The molecule has 4 atom stereocenters. The van der Waals surface area contributed by atoms with Crippen LogP contribution in [0.25, 0.3) is 0 Å². The van der Waals surface area contributed by atoms with E-state index in [-0.39, 0.29) is 38.4 Å². The van der Waals surface area contributed by atoms with Gasteiger partial charge in [-0.3, -0.25) is 9.59 Å². The van der Waals surface area contributed by atoms with E-state index in [0.29, 0.717) is 5.92 Å². The van der Waals surface area contributed by atoms with Gasteiger partial charge in [0.25, 0.3) is 5.92 Å². The molecule has 2 aliphatic carbocycles. The normalized spacial score (nSPS) is 27.9. The van der Waals surface area contributed by atoms with Gasteiger partial charge >= 0.3 is 0 Å². The van der Waals surface area contributed by atoms with Crippen LogP contribution < -0.4 is 5.32 Å². The number of amides is 2. The molecule has 1 aromatic heterocycles. The molecule has 1 aliphatic heterocycles. The van der Waals surface area contributed by atoms with Crippen molar-refractivity contribution in [3.8, 4) is 0 Å². The van der Waals surface area contributed by atoms with Gasteiger partial charge in [0.05, 0.1) is 18.4 Å². The zero-order valence-electron chi connectivity index (χ0n) is 18.6. The van der Waals surface area contributed by atoms with Crippen LogP contribution >= 0.6 is 0 Å². The van der Waals surface area contributed by atoms with Crippen LogP contribution in [0.1, 0.15) is 64.1 Å². The van der Waals surface area contributed by atoms with Crippen molar-refractivity contribution in [3.63, 3.8) is 0 Å². The standard InChI is InChI=1S/C21H31F2N5O4/c1-20(2,3)17(28-11-14(25-26-28)12-4-5-12)19(31)27-10-13(29)8-15(27)18(30)24-6-7-32-16-9-21(16,22)23/h11-13,15-17,29H,4-10H2,1-3H3,(H,24,30)/t13-,15+,16?,17-/m1/s1. The summed E-state index contributed by atoms with van der Waals surface area (Å²) in [6.45, 7) is 5.81. The highest BCUT2D eigenvalue weighted by atomic mass is 19.3. The molecule has 1 unspecified atom stereocenters. The Kier molecular flexibility index (Phi) is 6.00. The summed E-state index contributed by atoms with van der Waals surface area (Å²) in [4.78, 5) is 27.7. The van der Waals surface area contributed by atoms with Gasteiger partial charge in [0.2, 0.25) is 11.8 Å². The first kappa shape index (κ1) is 23.0. The predicted molar refractivity (Wildman–Crippen MR) is 109 cm³/mol. The Morgan fingerprint density at radius 3 is 2.66 bits per heavy atom. The lowest BCUT2D eigenvalue weighted by atomic mass is 9.85. The first-order valence-corrected chi connectivity index (χ1v) is 11.1. The number of ether oxygens (including phenoxy) is 1. The van der Waals surface area contributed by atoms with Crippen LogP contribution in [-0.2, 0) is 14.3 Å². The first-order chi connectivity index (χ1) is 15.0. The summed E-state index contributed by atoms with van der Waals surface area (Å²) < 4.78 is 32.4. The van der Waals surface area contributed by atoms with Gasteiger partial charge in [0, 0.05) is 38.0 Å². The number of nitrogens with one attached hydrogen (secondary N) is 1. The van der Waals surface area contributed by atoms with Gasteiger partial charge in [0.15, 0.2) is 0 Å². The van der Waals surface area contributed by atoms with E-state index in [4.69, 9.17) is 4.74 Å². The first-order valence-electron chi connectivity index (χ1n) is 11.1. The number of β-amino-alcohol motifs (C(OH)–C–C–N with tert-alkyl or cyclic N) is 1. The maximum absolute atomic E-state index is 13.6. The zero-order valence-corrected chi connectivity index (χ0v) is 18.6. The lowest BCUT2D eigenvalue weighted by Gasteiger charge is -2.34. The fourth-order valence-corrected chi connectivity index (χ4v) is 4.19. The molecular formula is C21H31F2N5O4. The molecule has 1 aromatic rings. The summed E-state index contributed by atoms with van der Waals surface area (Å²) in [5.74, 6) is -3.13. The van der Waals surface area contributed by atoms with Crippen LogP contribution in [0.5, 0.6) is 0 Å². The van der Waals surface area contributed by atoms with Crippen LogP contribution in [0.2, 0.25) is 0 Å². The van der Waals surface area contributed by atoms with Crippen LogP contribution in [0.3, 0.4) is 0 Å². The quantitative estimate of drug-likeness (QED) is 0.571. The molecule has 2 saturated carbocycles. The second-order valence-electron chi connectivity index (χ2n) is 10.2. The Bertz CT molecular complexity index is 867. The summed E-state index contributed by atoms with van der Waals surface area (Å²) in [6.07, 6.45) is 1.84. The van der Waals surface area contributed by atoms with E-state index in [9.17, 15) is 23.5 Å². The molecule has 0 radical (unpaired) electrons. The molecule has 11 heteroatoms. The van der Waals surface area contributed by atoms with Crippen molar-refractivity contribution in [2.75, 3.05) is 19.7 Å². The van der Waals surface area contributed by atoms with Gasteiger partial charge in [0.1, 0.15) is 18.2 Å². The van der Waals surface area contributed by atoms with Crippen LogP contribution in [0, 0.1) is 5.41 Å². The number of aliphatic hydroxyl groups excluding tert-OH is 1. The molecule has 2 N–H and O–H groups in total. The highest BCUT2D eigenvalue weighted by Gasteiger charge is 2.58. The van der Waals surface area contributed by atoms with Crippen molar-refractivity contribution in [2.24, 2.45) is 5.41 Å². The maximum atomic E-state index is 13.6. The molecule has 0 spiro atoms. The Morgan fingerprint density at radius 2 is 2.06 bits per heavy atom. The molecule has 2 heterocycles. The van der Waals surface area contributed by atoms with Gasteiger partial charge in [-0.1, -0.05) is 26.0 Å². The summed E-state index contributed by atoms with van der Waals surface area (Å²) >= 11 is 0. The van der Waals surface area contributed by atoms with Crippen molar-refractivity contribution in [1.29, 1.82) is 0 Å². The molecular weight excluding hydrogens is 424 g/mol. The molecule has 3 aliphatic rings. The van der Waals surface area contributed by atoms with E-state index < -0.39 is 41.5 Å². The van der Waals surface area contributed by atoms with Gasteiger partial charge in [-0.05, 0) is 18.3 Å². The van der Waals surface area contributed by atoms with Crippen LogP contribution in [0.4, 0.5) is 8.78 Å². The van der Waals surface area contributed by atoms with E-state index in [2.05, 4.69) is 15.6 Å². The molecule has 0 bridgehead atoms. The van der Waals surface area contributed by atoms with Gasteiger partial charge in [-0.2, -0.15) is 0 Å². The number of nitrogens with zero attached hydrogens (tertiary/aromatic N) is 4. The van der Waals surface area contributed by atoms with Gasteiger partial charge in [-0.15, -0.1) is 5.10 Å². The van der Waals surface area contributed by atoms with Crippen molar-refractivity contribution in [2.45, 2.75) is 82.6 Å². The van der Waals surface area contributed by atoms with E-state index in [1.54, 1.807) is 10.9 Å². The van der Waals surface area contributed by atoms with Crippen molar-refractivity contribution >= 4 is 11.8 Å². The minimum absolute atomic E-state index is 0.0390. The number of aromatic nitrogens is 3. The third-order valence-corrected chi connectivity index (χ3v) is 6.20.